The first kappa shape index (κ1) is 14.6. The van der Waals surface area contributed by atoms with Crippen LogP contribution in [0.1, 0.15) is 32.4 Å². The van der Waals surface area contributed by atoms with Gasteiger partial charge in [0.2, 0.25) is 0 Å². The summed E-state index contributed by atoms with van der Waals surface area (Å²) in [7, 11) is 1.39. The molecule has 1 aliphatic heterocycles. The van der Waals surface area contributed by atoms with Crippen LogP contribution in [-0.2, 0) is 9.53 Å². The first-order valence-corrected chi connectivity index (χ1v) is 6.81. The zero-order valence-electron chi connectivity index (χ0n) is 11.4. The second-order valence-electron chi connectivity index (χ2n) is 5.76. The average Bonchev–Trinajstić information content (AvgIpc) is 3.04. The van der Waals surface area contributed by atoms with Crippen molar-refractivity contribution in [1.29, 1.82) is 0 Å². The average molecular weight is 302 g/mol. The summed E-state index contributed by atoms with van der Waals surface area (Å²) in [5.74, 6) is -0.291. The molecule has 1 saturated heterocycles. The second kappa shape index (κ2) is 4.65. The van der Waals surface area contributed by atoms with E-state index in [2.05, 4.69) is 5.32 Å². The van der Waals surface area contributed by atoms with Gasteiger partial charge in [-0.15, -0.1) is 0 Å². The maximum atomic E-state index is 12.2. The van der Waals surface area contributed by atoms with E-state index in [9.17, 15) is 4.79 Å². The fourth-order valence-corrected chi connectivity index (χ4v) is 3.17. The Morgan fingerprint density at radius 3 is 2.26 bits per heavy atom. The van der Waals surface area contributed by atoms with Crippen LogP contribution in [0.2, 0.25) is 10.0 Å². The smallest absolute Gasteiger partial charge is 0.328 e. The molecule has 1 fully saturated rings. The van der Waals surface area contributed by atoms with Crippen molar-refractivity contribution in [1.82, 2.24) is 5.32 Å². The largest absolute Gasteiger partial charge is 0.468 e. The number of halogens is 2. The number of methoxy groups -OCH3 is 1. The molecule has 19 heavy (non-hydrogen) atoms. The van der Waals surface area contributed by atoms with Gasteiger partial charge in [-0.3, -0.25) is 5.32 Å². The van der Waals surface area contributed by atoms with Crippen LogP contribution in [0.3, 0.4) is 0 Å². The van der Waals surface area contributed by atoms with E-state index >= 15 is 0 Å². The molecule has 3 nitrogen and oxygen atoms in total. The molecule has 0 unspecified atom stereocenters. The highest BCUT2D eigenvalue weighted by Gasteiger charge is 2.68. The van der Waals surface area contributed by atoms with Gasteiger partial charge in [0, 0.05) is 15.6 Å². The number of esters is 1. The van der Waals surface area contributed by atoms with E-state index in [1.807, 2.05) is 20.8 Å². The summed E-state index contributed by atoms with van der Waals surface area (Å²) in [4.78, 5) is 12.2. The Kier molecular flexibility index (Phi) is 3.58. The van der Waals surface area contributed by atoms with E-state index in [1.165, 1.54) is 7.11 Å². The van der Waals surface area contributed by atoms with Crippen molar-refractivity contribution in [2.75, 3.05) is 7.11 Å². The minimum absolute atomic E-state index is 0.221. The molecule has 2 rings (SSSR count). The standard InChI is InChI=1S/C14H17Cl2NO2/c1-13(2,3)14(12(18)19-4)11(17-14)10-8(15)6-5-7-9(10)16/h5-7,11,17H,1-4H3/t11-,14-/m1/s1. The molecule has 0 saturated carbocycles. The topological polar surface area (TPSA) is 48.2 Å². The zero-order chi connectivity index (χ0) is 14.4. The number of carbonyl (C=O) groups is 1. The predicted octanol–water partition coefficient (Wildman–Crippen LogP) is 3.60. The van der Waals surface area contributed by atoms with Gasteiger partial charge >= 0.3 is 5.97 Å². The Labute approximate surface area is 123 Å². The maximum absolute atomic E-state index is 12.2. The number of nitrogens with one attached hydrogen (secondary N) is 1. The fourth-order valence-electron chi connectivity index (χ4n) is 2.55. The first-order chi connectivity index (χ1) is 8.75. The van der Waals surface area contributed by atoms with Gasteiger partial charge in [0.1, 0.15) is 5.54 Å². The molecular formula is C14H17Cl2NO2. The molecule has 1 heterocycles. The van der Waals surface area contributed by atoms with Gasteiger partial charge in [0.15, 0.2) is 0 Å². The van der Waals surface area contributed by atoms with Crippen molar-refractivity contribution in [2.45, 2.75) is 32.4 Å². The molecule has 1 aromatic carbocycles. The van der Waals surface area contributed by atoms with E-state index in [0.717, 1.165) is 5.56 Å². The fraction of sp³-hybridized carbons (Fsp3) is 0.500. The van der Waals surface area contributed by atoms with Crippen LogP contribution < -0.4 is 5.32 Å². The highest BCUT2D eigenvalue weighted by molar-refractivity contribution is 6.36. The Bertz CT molecular complexity index is 504. The van der Waals surface area contributed by atoms with Gasteiger partial charge in [0.25, 0.3) is 0 Å². The summed E-state index contributed by atoms with van der Waals surface area (Å²) in [5, 5.41) is 4.34. The van der Waals surface area contributed by atoms with Crippen molar-refractivity contribution in [3.05, 3.63) is 33.8 Å². The number of hydrogen-bond donors (Lipinski definition) is 1. The van der Waals surface area contributed by atoms with Crippen LogP contribution in [0.4, 0.5) is 0 Å². The third-order valence-electron chi connectivity index (χ3n) is 3.70. The van der Waals surface area contributed by atoms with Crippen molar-refractivity contribution < 1.29 is 9.53 Å². The summed E-state index contributed by atoms with van der Waals surface area (Å²) in [6.07, 6.45) is 0. The summed E-state index contributed by atoms with van der Waals surface area (Å²) in [6, 6.07) is 5.11. The van der Waals surface area contributed by atoms with Crippen LogP contribution in [0, 0.1) is 5.41 Å². The molecule has 0 amide bonds. The number of hydrogen-bond acceptors (Lipinski definition) is 3. The molecule has 5 heteroatoms. The molecular weight excluding hydrogens is 285 g/mol. The Balaban J connectivity index is 2.48. The highest BCUT2D eigenvalue weighted by Crippen LogP contribution is 2.55. The lowest BCUT2D eigenvalue weighted by Gasteiger charge is -2.28. The number of ether oxygens (including phenoxy) is 1. The molecule has 0 spiro atoms. The van der Waals surface area contributed by atoms with Crippen molar-refractivity contribution in [3.8, 4) is 0 Å². The Morgan fingerprint density at radius 2 is 1.84 bits per heavy atom. The van der Waals surface area contributed by atoms with E-state index in [1.54, 1.807) is 18.2 Å². The minimum atomic E-state index is -0.781. The normalized spacial score (nSPS) is 26.1. The maximum Gasteiger partial charge on any atom is 0.328 e. The Hall–Kier alpha value is -0.770. The van der Waals surface area contributed by atoms with E-state index in [-0.39, 0.29) is 17.4 Å². The van der Waals surface area contributed by atoms with Gasteiger partial charge in [0.05, 0.1) is 13.2 Å². The highest BCUT2D eigenvalue weighted by atomic mass is 35.5. The van der Waals surface area contributed by atoms with Gasteiger partial charge in [-0.05, 0) is 17.5 Å². The monoisotopic (exact) mass is 301 g/mol. The molecule has 2 atom stereocenters. The van der Waals surface area contributed by atoms with Crippen LogP contribution >= 0.6 is 23.2 Å². The molecule has 1 aromatic rings. The third kappa shape index (κ3) is 2.14. The molecule has 0 aliphatic carbocycles. The molecule has 104 valence electrons. The van der Waals surface area contributed by atoms with Crippen LogP contribution in [-0.4, -0.2) is 18.6 Å². The van der Waals surface area contributed by atoms with Gasteiger partial charge in [-0.2, -0.15) is 0 Å². The lowest BCUT2D eigenvalue weighted by atomic mass is 9.76. The summed E-state index contributed by atoms with van der Waals surface area (Å²) in [5.41, 5.74) is -0.338. The quantitative estimate of drug-likeness (QED) is 0.671. The molecule has 0 bridgehead atoms. The van der Waals surface area contributed by atoms with Gasteiger partial charge < -0.3 is 4.74 Å². The lowest BCUT2D eigenvalue weighted by molar-refractivity contribution is -0.147. The molecule has 0 radical (unpaired) electrons. The van der Waals surface area contributed by atoms with Crippen LogP contribution in [0.15, 0.2) is 18.2 Å². The lowest BCUT2D eigenvalue weighted by Crippen LogP contribution is -2.42. The van der Waals surface area contributed by atoms with Crippen molar-refractivity contribution in [2.24, 2.45) is 5.41 Å². The van der Waals surface area contributed by atoms with Gasteiger partial charge in [-0.25, -0.2) is 4.79 Å². The Morgan fingerprint density at radius 1 is 1.32 bits per heavy atom. The van der Waals surface area contributed by atoms with E-state index in [4.69, 9.17) is 27.9 Å². The molecule has 1 N–H and O–H groups in total. The predicted molar refractivity (Wildman–Crippen MR) is 76.5 cm³/mol. The minimum Gasteiger partial charge on any atom is -0.468 e. The second-order valence-corrected chi connectivity index (χ2v) is 6.58. The van der Waals surface area contributed by atoms with Gasteiger partial charge in [-0.1, -0.05) is 50.0 Å². The number of carbonyl (C=O) groups excluding carboxylic acids is 1. The van der Waals surface area contributed by atoms with Crippen LogP contribution in [0.25, 0.3) is 0 Å². The molecule has 0 aromatic heterocycles. The van der Waals surface area contributed by atoms with Crippen molar-refractivity contribution in [3.63, 3.8) is 0 Å². The summed E-state index contributed by atoms with van der Waals surface area (Å²) in [6.45, 7) is 5.96. The summed E-state index contributed by atoms with van der Waals surface area (Å²) < 4.78 is 4.95. The number of benzene rings is 1. The summed E-state index contributed by atoms with van der Waals surface area (Å²) >= 11 is 12.4. The van der Waals surface area contributed by atoms with E-state index < -0.39 is 5.54 Å². The van der Waals surface area contributed by atoms with E-state index in [0.29, 0.717) is 10.0 Å². The van der Waals surface area contributed by atoms with Crippen LogP contribution in [0.5, 0.6) is 0 Å². The number of rotatable bonds is 2. The zero-order valence-corrected chi connectivity index (χ0v) is 12.9. The van der Waals surface area contributed by atoms with Crippen molar-refractivity contribution >= 4 is 29.2 Å². The third-order valence-corrected chi connectivity index (χ3v) is 4.36. The molecule has 1 aliphatic rings. The SMILES string of the molecule is COC(=O)[C@]1(C(C)(C)C)N[C@@H]1c1c(Cl)cccc1Cl. The first-order valence-electron chi connectivity index (χ1n) is 6.05.